The minimum Gasteiger partial charge on any atom is -0.487 e. The number of aromatic nitrogens is 1. The molecule has 0 amide bonds. The Bertz CT molecular complexity index is 506. The molecule has 0 bridgehead atoms. The summed E-state index contributed by atoms with van der Waals surface area (Å²) in [5, 5.41) is 3.25. The maximum atomic E-state index is 5.74. The van der Waals surface area contributed by atoms with E-state index < -0.39 is 0 Å². The smallest absolute Gasteiger partial charge is 0.138 e. The molecule has 3 heteroatoms. The minimum atomic E-state index is 0.582. The molecule has 106 valence electrons. The molecule has 20 heavy (non-hydrogen) atoms. The summed E-state index contributed by atoms with van der Waals surface area (Å²) < 4.78 is 5.74. The highest BCUT2D eigenvalue weighted by molar-refractivity contribution is 5.24. The van der Waals surface area contributed by atoms with Crippen LogP contribution in [0.2, 0.25) is 0 Å². The standard InChI is InChI=1S/C17H22N2O/c1-3-14-5-7-15(8-6-14)13-20-17-10-9-16(19-12-17)11-18-4-2/h5-10,12,18H,3-4,11,13H2,1-2H3. The van der Waals surface area contributed by atoms with Gasteiger partial charge in [0.15, 0.2) is 0 Å². The van der Waals surface area contributed by atoms with Crippen LogP contribution < -0.4 is 10.1 Å². The van der Waals surface area contributed by atoms with E-state index >= 15 is 0 Å². The Balaban J connectivity index is 1.86. The zero-order chi connectivity index (χ0) is 14.2. The van der Waals surface area contributed by atoms with E-state index in [1.165, 1.54) is 11.1 Å². The van der Waals surface area contributed by atoms with E-state index in [1.54, 1.807) is 6.20 Å². The first-order valence-corrected chi connectivity index (χ1v) is 7.18. The number of rotatable bonds is 7. The summed E-state index contributed by atoms with van der Waals surface area (Å²) >= 11 is 0. The molecule has 0 saturated carbocycles. The molecule has 0 aliphatic carbocycles. The highest BCUT2D eigenvalue weighted by Gasteiger charge is 1.98. The molecule has 0 atom stereocenters. The van der Waals surface area contributed by atoms with Crippen LogP contribution in [0.4, 0.5) is 0 Å². The molecule has 0 spiro atoms. The number of benzene rings is 1. The van der Waals surface area contributed by atoms with Crippen molar-refractivity contribution in [2.24, 2.45) is 0 Å². The number of hydrogen-bond acceptors (Lipinski definition) is 3. The summed E-state index contributed by atoms with van der Waals surface area (Å²) in [6.45, 7) is 6.58. The van der Waals surface area contributed by atoms with Crippen LogP contribution in [0.25, 0.3) is 0 Å². The van der Waals surface area contributed by atoms with E-state index in [9.17, 15) is 0 Å². The Morgan fingerprint density at radius 2 is 1.75 bits per heavy atom. The first-order chi connectivity index (χ1) is 9.81. The quantitative estimate of drug-likeness (QED) is 0.838. The van der Waals surface area contributed by atoms with Crippen LogP contribution in [0.5, 0.6) is 5.75 Å². The highest BCUT2D eigenvalue weighted by Crippen LogP contribution is 2.12. The van der Waals surface area contributed by atoms with Gasteiger partial charge >= 0.3 is 0 Å². The molecule has 1 heterocycles. The Morgan fingerprint density at radius 1 is 1.00 bits per heavy atom. The van der Waals surface area contributed by atoms with Crippen LogP contribution in [0.3, 0.4) is 0 Å². The van der Waals surface area contributed by atoms with Crippen LogP contribution in [-0.4, -0.2) is 11.5 Å². The molecule has 0 unspecified atom stereocenters. The van der Waals surface area contributed by atoms with Crippen LogP contribution in [0.15, 0.2) is 42.6 Å². The third-order valence-corrected chi connectivity index (χ3v) is 3.19. The van der Waals surface area contributed by atoms with Crippen molar-refractivity contribution in [3.63, 3.8) is 0 Å². The van der Waals surface area contributed by atoms with Gasteiger partial charge in [0.05, 0.1) is 11.9 Å². The Kier molecular flexibility index (Phi) is 5.56. The lowest BCUT2D eigenvalue weighted by atomic mass is 10.1. The van der Waals surface area contributed by atoms with Crippen LogP contribution in [-0.2, 0) is 19.6 Å². The van der Waals surface area contributed by atoms with Crippen molar-refractivity contribution in [2.75, 3.05) is 6.54 Å². The summed E-state index contributed by atoms with van der Waals surface area (Å²) in [5.41, 5.74) is 3.56. The van der Waals surface area contributed by atoms with Crippen molar-refractivity contribution in [2.45, 2.75) is 33.4 Å². The van der Waals surface area contributed by atoms with E-state index in [0.29, 0.717) is 6.61 Å². The van der Waals surface area contributed by atoms with Gasteiger partial charge in [-0.2, -0.15) is 0 Å². The second kappa shape index (κ2) is 7.65. The number of aryl methyl sites for hydroxylation is 1. The van der Waals surface area contributed by atoms with Gasteiger partial charge < -0.3 is 10.1 Å². The molecule has 0 saturated heterocycles. The number of nitrogens with one attached hydrogen (secondary N) is 1. The van der Waals surface area contributed by atoms with Crippen molar-refractivity contribution >= 4 is 0 Å². The van der Waals surface area contributed by atoms with Gasteiger partial charge in [0.2, 0.25) is 0 Å². The van der Waals surface area contributed by atoms with Crippen LogP contribution in [0.1, 0.15) is 30.7 Å². The van der Waals surface area contributed by atoms with E-state index in [0.717, 1.165) is 31.0 Å². The maximum absolute atomic E-state index is 5.74. The maximum Gasteiger partial charge on any atom is 0.138 e. The van der Waals surface area contributed by atoms with Crippen molar-refractivity contribution in [3.05, 3.63) is 59.4 Å². The van der Waals surface area contributed by atoms with Crippen molar-refractivity contribution < 1.29 is 4.74 Å². The number of hydrogen-bond donors (Lipinski definition) is 1. The fourth-order valence-electron chi connectivity index (χ4n) is 1.89. The van der Waals surface area contributed by atoms with E-state index in [-0.39, 0.29) is 0 Å². The van der Waals surface area contributed by atoms with Crippen molar-refractivity contribution in [1.82, 2.24) is 10.3 Å². The predicted molar refractivity (Wildman–Crippen MR) is 81.8 cm³/mol. The van der Waals surface area contributed by atoms with Crippen molar-refractivity contribution in [3.8, 4) is 5.75 Å². The highest BCUT2D eigenvalue weighted by atomic mass is 16.5. The van der Waals surface area contributed by atoms with Crippen LogP contribution in [0, 0.1) is 0 Å². The monoisotopic (exact) mass is 270 g/mol. The summed E-state index contributed by atoms with van der Waals surface area (Å²) in [6, 6.07) is 12.5. The summed E-state index contributed by atoms with van der Waals surface area (Å²) in [4.78, 5) is 4.37. The molecular formula is C17H22N2O. The lowest BCUT2D eigenvalue weighted by Gasteiger charge is -2.07. The summed E-state index contributed by atoms with van der Waals surface area (Å²) in [7, 11) is 0. The largest absolute Gasteiger partial charge is 0.487 e. The SMILES string of the molecule is CCNCc1ccc(OCc2ccc(CC)cc2)cn1. The molecular weight excluding hydrogens is 248 g/mol. The first-order valence-electron chi connectivity index (χ1n) is 7.18. The van der Waals surface area contributed by atoms with Gasteiger partial charge in [-0.15, -0.1) is 0 Å². The average molecular weight is 270 g/mol. The normalized spacial score (nSPS) is 10.5. The van der Waals surface area contributed by atoms with E-state index in [2.05, 4.69) is 48.4 Å². The third kappa shape index (κ3) is 4.35. The number of ether oxygens (including phenoxy) is 1. The average Bonchev–Trinajstić information content (AvgIpc) is 2.52. The minimum absolute atomic E-state index is 0.582. The van der Waals surface area contributed by atoms with Gasteiger partial charge in [0.25, 0.3) is 0 Å². The molecule has 0 fully saturated rings. The molecule has 2 aromatic rings. The van der Waals surface area contributed by atoms with Crippen molar-refractivity contribution in [1.29, 1.82) is 0 Å². The first kappa shape index (κ1) is 14.5. The number of pyridine rings is 1. The second-order valence-electron chi connectivity index (χ2n) is 4.72. The molecule has 2 rings (SSSR count). The van der Waals surface area contributed by atoms with Gasteiger partial charge in [0, 0.05) is 6.54 Å². The Hall–Kier alpha value is -1.87. The lowest BCUT2D eigenvalue weighted by molar-refractivity contribution is 0.304. The molecule has 1 N–H and O–H groups in total. The fourth-order valence-corrected chi connectivity index (χ4v) is 1.89. The van der Waals surface area contributed by atoms with Crippen LogP contribution >= 0.6 is 0 Å². The van der Waals surface area contributed by atoms with Gasteiger partial charge in [-0.05, 0) is 36.2 Å². The van der Waals surface area contributed by atoms with E-state index in [1.807, 2.05) is 12.1 Å². The molecule has 1 aromatic heterocycles. The summed E-state index contributed by atoms with van der Waals surface area (Å²) in [5.74, 6) is 0.810. The molecule has 1 aromatic carbocycles. The van der Waals surface area contributed by atoms with Gasteiger partial charge in [-0.1, -0.05) is 38.1 Å². The van der Waals surface area contributed by atoms with Gasteiger partial charge in [-0.3, -0.25) is 4.98 Å². The number of nitrogens with zero attached hydrogens (tertiary/aromatic N) is 1. The predicted octanol–water partition coefficient (Wildman–Crippen LogP) is 3.33. The third-order valence-electron chi connectivity index (χ3n) is 3.19. The molecule has 3 nitrogen and oxygen atoms in total. The molecule has 0 radical (unpaired) electrons. The molecule has 0 aliphatic heterocycles. The zero-order valence-electron chi connectivity index (χ0n) is 12.2. The summed E-state index contributed by atoms with van der Waals surface area (Å²) in [6.07, 6.45) is 2.85. The molecule has 0 aliphatic rings. The van der Waals surface area contributed by atoms with Gasteiger partial charge in [0.1, 0.15) is 12.4 Å². The van der Waals surface area contributed by atoms with Gasteiger partial charge in [-0.25, -0.2) is 0 Å². The van der Waals surface area contributed by atoms with E-state index in [4.69, 9.17) is 4.74 Å². The lowest BCUT2D eigenvalue weighted by Crippen LogP contribution is -2.12. The Labute approximate surface area is 121 Å². The fraction of sp³-hybridized carbons (Fsp3) is 0.353. The topological polar surface area (TPSA) is 34.1 Å². The zero-order valence-corrected chi connectivity index (χ0v) is 12.2. The second-order valence-corrected chi connectivity index (χ2v) is 4.72. The Morgan fingerprint density at radius 3 is 2.35 bits per heavy atom.